The number of benzene rings is 2. The molecule has 1 aromatic heterocycles. The van der Waals surface area contributed by atoms with Crippen molar-refractivity contribution in [3.05, 3.63) is 65.5 Å². The summed E-state index contributed by atoms with van der Waals surface area (Å²) in [6.45, 7) is 1.38. The smallest absolute Gasteiger partial charge is 0.490 e. The van der Waals surface area contributed by atoms with Crippen LogP contribution in [0.25, 0.3) is 10.8 Å². The van der Waals surface area contributed by atoms with Crippen LogP contribution < -0.4 is 10.1 Å². The normalized spacial score (nSPS) is 16.7. The van der Waals surface area contributed by atoms with E-state index < -0.39 is 23.7 Å². The van der Waals surface area contributed by atoms with Gasteiger partial charge in [-0.1, -0.05) is 0 Å². The standard InChI is InChI=1S/C25H20F3N3O6/c1-34-8-9-35-10-11-36-17-3-4-18-16(13-17)6-7-30-21(18)24(37-23(33)25(26,27)28)19-12-15(14-29)2-5-20(19)31-22(24)32/h2-7,12-13H,8-11H2,1H3,(H,31,32). The molecular weight excluding hydrogens is 495 g/mol. The monoisotopic (exact) mass is 515 g/mol. The SMILES string of the molecule is COCCOCCOc1ccc2c(C3(OC(=O)C(F)(F)F)C(=O)Nc4ccc(C#N)cc43)nccc2c1. The number of hydrogen-bond donors (Lipinski definition) is 1. The number of methoxy groups -OCH3 is 1. The zero-order valence-corrected chi connectivity index (χ0v) is 19.4. The summed E-state index contributed by atoms with van der Waals surface area (Å²) < 4.78 is 60.8. The van der Waals surface area contributed by atoms with E-state index in [4.69, 9.17) is 18.9 Å². The van der Waals surface area contributed by atoms with Gasteiger partial charge in [-0.2, -0.15) is 18.4 Å². The summed E-state index contributed by atoms with van der Waals surface area (Å²) in [7, 11) is 1.56. The van der Waals surface area contributed by atoms with Crippen molar-refractivity contribution in [2.24, 2.45) is 0 Å². The minimum Gasteiger partial charge on any atom is -0.491 e. The summed E-state index contributed by atoms with van der Waals surface area (Å²) in [4.78, 5) is 29.5. The van der Waals surface area contributed by atoms with Crippen molar-refractivity contribution >= 4 is 28.3 Å². The Bertz CT molecular complexity index is 1390. The highest BCUT2D eigenvalue weighted by molar-refractivity contribution is 6.10. The number of carbonyl (C=O) groups is 2. The van der Waals surface area contributed by atoms with Crippen LogP contribution in [0.4, 0.5) is 18.9 Å². The summed E-state index contributed by atoms with van der Waals surface area (Å²) in [6, 6.07) is 12.0. The topological polar surface area (TPSA) is 120 Å². The van der Waals surface area contributed by atoms with Crippen LogP contribution in [0.5, 0.6) is 5.75 Å². The van der Waals surface area contributed by atoms with Crippen LogP contribution >= 0.6 is 0 Å². The van der Waals surface area contributed by atoms with Crippen molar-refractivity contribution in [2.45, 2.75) is 11.8 Å². The van der Waals surface area contributed by atoms with Gasteiger partial charge < -0.3 is 24.3 Å². The zero-order valence-electron chi connectivity index (χ0n) is 19.4. The Morgan fingerprint density at radius 2 is 1.89 bits per heavy atom. The Morgan fingerprint density at radius 3 is 2.62 bits per heavy atom. The van der Waals surface area contributed by atoms with Gasteiger partial charge in [0, 0.05) is 29.9 Å². The second-order valence-electron chi connectivity index (χ2n) is 7.89. The molecule has 1 N–H and O–H groups in total. The van der Waals surface area contributed by atoms with E-state index in [1.807, 2.05) is 6.07 Å². The van der Waals surface area contributed by atoms with Crippen molar-refractivity contribution in [1.82, 2.24) is 4.98 Å². The summed E-state index contributed by atoms with van der Waals surface area (Å²) in [5.74, 6) is -3.20. The van der Waals surface area contributed by atoms with E-state index in [1.165, 1.54) is 30.5 Å². The highest BCUT2D eigenvalue weighted by Crippen LogP contribution is 2.46. The molecule has 1 aliphatic rings. The molecule has 9 nitrogen and oxygen atoms in total. The lowest BCUT2D eigenvalue weighted by Gasteiger charge is -2.28. The lowest BCUT2D eigenvalue weighted by Crippen LogP contribution is -2.44. The van der Waals surface area contributed by atoms with Gasteiger partial charge in [0.05, 0.1) is 31.5 Å². The maximum Gasteiger partial charge on any atom is 0.490 e. The van der Waals surface area contributed by atoms with Crippen molar-refractivity contribution in [2.75, 3.05) is 38.9 Å². The second-order valence-corrected chi connectivity index (χ2v) is 7.89. The van der Waals surface area contributed by atoms with Crippen LogP contribution in [0.15, 0.2) is 48.7 Å². The number of amides is 1. The fraction of sp³-hybridized carbons (Fsp3) is 0.280. The number of hydrogen-bond acceptors (Lipinski definition) is 8. The molecule has 1 amide bonds. The second kappa shape index (κ2) is 10.4. The van der Waals surface area contributed by atoms with Gasteiger partial charge in [-0.05, 0) is 47.9 Å². The number of ether oxygens (including phenoxy) is 4. The Balaban J connectivity index is 1.78. The van der Waals surface area contributed by atoms with E-state index in [2.05, 4.69) is 10.3 Å². The number of pyridine rings is 1. The third kappa shape index (κ3) is 5.04. The minimum atomic E-state index is -5.39. The van der Waals surface area contributed by atoms with Gasteiger partial charge in [-0.3, -0.25) is 9.78 Å². The van der Waals surface area contributed by atoms with Crippen LogP contribution in [-0.2, 0) is 29.4 Å². The molecule has 2 heterocycles. The first-order valence-corrected chi connectivity index (χ1v) is 11.0. The van der Waals surface area contributed by atoms with E-state index in [9.17, 15) is 28.0 Å². The summed E-state index contributed by atoms with van der Waals surface area (Å²) >= 11 is 0. The number of fused-ring (bicyclic) bond motifs is 2. The number of esters is 1. The molecule has 0 saturated carbocycles. The molecule has 1 unspecified atom stereocenters. The average Bonchev–Trinajstić information content (AvgIpc) is 3.15. The molecular formula is C25H20F3N3O6. The van der Waals surface area contributed by atoms with Crippen molar-refractivity contribution in [3.63, 3.8) is 0 Å². The number of nitrogens with one attached hydrogen (secondary N) is 1. The van der Waals surface area contributed by atoms with Gasteiger partial charge in [0.1, 0.15) is 18.1 Å². The number of nitriles is 1. The molecule has 1 atom stereocenters. The molecule has 0 bridgehead atoms. The molecule has 3 aromatic rings. The summed E-state index contributed by atoms with van der Waals surface area (Å²) in [5, 5.41) is 12.5. The quantitative estimate of drug-likeness (QED) is 0.340. The molecule has 0 spiro atoms. The molecule has 0 radical (unpaired) electrons. The van der Waals surface area contributed by atoms with Gasteiger partial charge >= 0.3 is 12.1 Å². The fourth-order valence-corrected chi connectivity index (χ4v) is 3.92. The van der Waals surface area contributed by atoms with Crippen molar-refractivity contribution in [1.29, 1.82) is 5.26 Å². The largest absolute Gasteiger partial charge is 0.491 e. The van der Waals surface area contributed by atoms with E-state index in [1.54, 1.807) is 25.3 Å². The highest BCUT2D eigenvalue weighted by Gasteiger charge is 2.57. The number of alkyl halides is 3. The lowest BCUT2D eigenvalue weighted by atomic mass is 9.87. The average molecular weight is 515 g/mol. The molecule has 4 rings (SSSR count). The molecule has 0 aliphatic carbocycles. The summed E-state index contributed by atoms with van der Waals surface area (Å²) in [5.41, 5.74) is -2.84. The number of carbonyl (C=O) groups excluding carboxylic acids is 2. The zero-order chi connectivity index (χ0) is 26.6. The van der Waals surface area contributed by atoms with E-state index >= 15 is 0 Å². The Morgan fingerprint density at radius 1 is 1.11 bits per heavy atom. The highest BCUT2D eigenvalue weighted by atomic mass is 19.4. The van der Waals surface area contributed by atoms with Crippen molar-refractivity contribution < 1.29 is 41.7 Å². The molecule has 192 valence electrons. The number of rotatable bonds is 9. The molecule has 2 aromatic carbocycles. The lowest BCUT2D eigenvalue weighted by molar-refractivity contribution is -0.211. The minimum absolute atomic E-state index is 0.0475. The predicted octanol–water partition coefficient (Wildman–Crippen LogP) is 3.45. The number of anilines is 1. The van der Waals surface area contributed by atoms with Crippen LogP contribution in [0, 0.1) is 11.3 Å². The van der Waals surface area contributed by atoms with Crippen molar-refractivity contribution in [3.8, 4) is 11.8 Å². The van der Waals surface area contributed by atoms with Gasteiger partial charge in [-0.15, -0.1) is 0 Å². The first-order chi connectivity index (χ1) is 17.7. The molecule has 12 heteroatoms. The number of halogens is 3. The van der Waals surface area contributed by atoms with Crippen LogP contribution in [0.3, 0.4) is 0 Å². The van der Waals surface area contributed by atoms with E-state index in [-0.39, 0.29) is 34.5 Å². The predicted molar refractivity (Wildman–Crippen MR) is 123 cm³/mol. The molecule has 37 heavy (non-hydrogen) atoms. The first kappa shape index (κ1) is 25.9. The fourth-order valence-electron chi connectivity index (χ4n) is 3.92. The van der Waals surface area contributed by atoms with Crippen LogP contribution in [0.2, 0.25) is 0 Å². The summed E-state index contributed by atoms with van der Waals surface area (Å²) in [6.07, 6.45) is -4.11. The van der Waals surface area contributed by atoms with Gasteiger partial charge in [0.25, 0.3) is 11.5 Å². The maximum atomic E-state index is 13.3. The Hall–Kier alpha value is -4.21. The molecule has 1 aliphatic heterocycles. The van der Waals surface area contributed by atoms with E-state index in [0.717, 1.165) is 0 Å². The maximum absolute atomic E-state index is 13.3. The molecule has 0 saturated heterocycles. The number of aromatic nitrogens is 1. The Labute approximate surface area is 208 Å². The third-order valence-electron chi connectivity index (χ3n) is 5.57. The molecule has 0 fully saturated rings. The van der Waals surface area contributed by atoms with Crippen LogP contribution in [-0.4, -0.2) is 56.6 Å². The number of nitrogens with zero attached hydrogens (tertiary/aromatic N) is 2. The van der Waals surface area contributed by atoms with Gasteiger partial charge in [-0.25, -0.2) is 4.79 Å². The third-order valence-corrected chi connectivity index (χ3v) is 5.57. The Kier molecular flexibility index (Phi) is 7.28. The first-order valence-electron chi connectivity index (χ1n) is 11.0. The van der Waals surface area contributed by atoms with Crippen LogP contribution in [0.1, 0.15) is 16.8 Å². The van der Waals surface area contributed by atoms with E-state index in [0.29, 0.717) is 31.0 Å². The van der Waals surface area contributed by atoms with Gasteiger partial charge in [0.2, 0.25) is 0 Å². The van der Waals surface area contributed by atoms with Gasteiger partial charge in [0.15, 0.2) is 0 Å².